The molecular formula is C18H19N5O3. The van der Waals surface area contributed by atoms with Gasteiger partial charge in [-0.15, -0.1) is 10.2 Å². The predicted molar refractivity (Wildman–Crippen MR) is 92.6 cm³/mol. The Balaban J connectivity index is 1.46. The number of benzene rings is 1. The van der Waals surface area contributed by atoms with Crippen molar-refractivity contribution < 1.29 is 9.21 Å². The highest BCUT2D eigenvalue weighted by atomic mass is 16.4. The topological polar surface area (TPSA) is 86.2 Å². The van der Waals surface area contributed by atoms with Crippen molar-refractivity contribution in [1.29, 1.82) is 0 Å². The maximum atomic E-state index is 13.1. The van der Waals surface area contributed by atoms with Crippen molar-refractivity contribution in [3.63, 3.8) is 0 Å². The van der Waals surface area contributed by atoms with Gasteiger partial charge in [0.05, 0.1) is 11.6 Å². The molecule has 2 aromatic heterocycles. The third kappa shape index (κ3) is 2.21. The van der Waals surface area contributed by atoms with Crippen LogP contribution in [0, 0.1) is 6.92 Å². The molecule has 2 aliphatic rings. The summed E-state index contributed by atoms with van der Waals surface area (Å²) in [5.41, 5.74) is 1.16. The second-order valence-corrected chi connectivity index (χ2v) is 7.09. The number of hydrogen-bond donors (Lipinski definition) is 0. The molecule has 2 unspecified atom stereocenters. The normalized spacial score (nSPS) is 21.8. The standard InChI is InChI=1S/C18H19N5O3/c1-11-19-20-16-8-12-6-7-13(9-21(11)16)23(12)17(24)10-22-14-4-2-3-5-15(14)26-18(22)25/h2-5,12-13H,6-10H2,1H3. The van der Waals surface area contributed by atoms with E-state index in [0.717, 1.165) is 31.0 Å². The lowest BCUT2D eigenvalue weighted by molar-refractivity contribution is -0.134. The second-order valence-electron chi connectivity index (χ2n) is 7.09. The van der Waals surface area contributed by atoms with Crippen LogP contribution in [-0.4, -0.2) is 42.2 Å². The number of amides is 1. The van der Waals surface area contributed by atoms with Crippen LogP contribution < -0.4 is 5.76 Å². The molecule has 8 heteroatoms. The zero-order valence-electron chi connectivity index (χ0n) is 14.5. The van der Waals surface area contributed by atoms with Crippen LogP contribution >= 0.6 is 0 Å². The first-order valence-electron chi connectivity index (χ1n) is 8.90. The van der Waals surface area contributed by atoms with Crippen molar-refractivity contribution in [3.05, 3.63) is 46.5 Å². The number of aryl methyl sites for hydroxylation is 1. The summed E-state index contributed by atoms with van der Waals surface area (Å²) >= 11 is 0. The molecule has 0 radical (unpaired) electrons. The van der Waals surface area contributed by atoms with Crippen LogP contribution in [0.2, 0.25) is 0 Å². The lowest BCUT2D eigenvalue weighted by atomic mass is 10.1. The van der Waals surface area contributed by atoms with E-state index in [0.29, 0.717) is 17.5 Å². The molecule has 4 heterocycles. The van der Waals surface area contributed by atoms with Crippen LogP contribution in [0.15, 0.2) is 33.5 Å². The molecule has 134 valence electrons. The molecule has 3 aromatic rings. The van der Waals surface area contributed by atoms with E-state index in [2.05, 4.69) is 14.8 Å². The van der Waals surface area contributed by atoms with Gasteiger partial charge in [-0.2, -0.15) is 0 Å². The number of hydrogen-bond acceptors (Lipinski definition) is 5. The molecule has 1 fully saturated rings. The molecule has 0 aliphatic carbocycles. The van der Waals surface area contributed by atoms with Gasteiger partial charge in [-0.25, -0.2) is 4.79 Å². The smallest absolute Gasteiger partial charge is 0.408 e. The Bertz CT molecular complexity index is 1060. The average molecular weight is 353 g/mol. The minimum Gasteiger partial charge on any atom is -0.408 e. The van der Waals surface area contributed by atoms with Crippen LogP contribution in [-0.2, 0) is 24.3 Å². The highest BCUT2D eigenvalue weighted by Gasteiger charge is 2.40. The average Bonchev–Trinajstić information content (AvgIpc) is 3.22. The predicted octanol–water partition coefficient (Wildman–Crippen LogP) is 1.11. The molecule has 8 nitrogen and oxygen atoms in total. The Kier molecular flexibility index (Phi) is 3.28. The SMILES string of the molecule is Cc1nnc2n1CC1CCC(C2)N1C(=O)Cn1c(=O)oc2ccccc21. The number of oxazole rings is 1. The van der Waals surface area contributed by atoms with E-state index in [1.165, 1.54) is 4.57 Å². The molecule has 2 bridgehead atoms. The highest BCUT2D eigenvalue weighted by Crippen LogP contribution is 2.31. The number of carbonyl (C=O) groups excluding carboxylic acids is 1. The molecule has 0 spiro atoms. The van der Waals surface area contributed by atoms with Crippen LogP contribution in [0.1, 0.15) is 24.5 Å². The van der Waals surface area contributed by atoms with Crippen LogP contribution in [0.5, 0.6) is 0 Å². The molecule has 2 atom stereocenters. The fourth-order valence-corrected chi connectivity index (χ4v) is 4.36. The van der Waals surface area contributed by atoms with E-state index in [-0.39, 0.29) is 24.5 Å². The van der Waals surface area contributed by atoms with E-state index in [9.17, 15) is 9.59 Å². The first-order valence-corrected chi connectivity index (χ1v) is 8.90. The molecule has 1 saturated heterocycles. The fourth-order valence-electron chi connectivity index (χ4n) is 4.36. The zero-order chi connectivity index (χ0) is 17.8. The van der Waals surface area contributed by atoms with Crippen molar-refractivity contribution in [2.24, 2.45) is 0 Å². The van der Waals surface area contributed by atoms with Gasteiger partial charge in [0, 0.05) is 19.0 Å². The number of para-hydroxylation sites is 2. The third-order valence-corrected chi connectivity index (χ3v) is 5.60. The quantitative estimate of drug-likeness (QED) is 0.689. The summed E-state index contributed by atoms with van der Waals surface area (Å²) in [5, 5.41) is 8.43. The summed E-state index contributed by atoms with van der Waals surface area (Å²) in [6.45, 7) is 2.67. The minimum atomic E-state index is -0.491. The lowest BCUT2D eigenvalue weighted by Crippen LogP contribution is -2.44. The van der Waals surface area contributed by atoms with Crippen LogP contribution in [0.4, 0.5) is 0 Å². The Morgan fingerprint density at radius 3 is 2.92 bits per heavy atom. The second kappa shape index (κ2) is 5.55. The largest absolute Gasteiger partial charge is 0.420 e. The fraction of sp³-hybridized carbons (Fsp3) is 0.444. The van der Waals surface area contributed by atoms with Gasteiger partial charge in [-0.3, -0.25) is 9.36 Å². The molecular weight excluding hydrogens is 334 g/mol. The van der Waals surface area contributed by atoms with Crippen LogP contribution in [0.3, 0.4) is 0 Å². The minimum absolute atomic E-state index is 0.00238. The summed E-state index contributed by atoms with van der Waals surface area (Å²) in [5.74, 6) is 1.30. The maximum absolute atomic E-state index is 13.1. The molecule has 1 aromatic carbocycles. The van der Waals surface area contributed by atoms with Gasteiger partial charge in [0.1, 0.15) is 18.2 Å². The molecule has 1 amide bonds. The van der Waals surface area contributed by atoms with E-state index in [1.54, 1.807) is 12.1 Å². The lowest BCUT2D eigenvalue weighted by Gasteiger charge is -2.28. The van der Waals surface area contributed by atoms with E-state index in [4.69, 9.17) is 4.42 Å². The Morgan fingerprint density at radius 2 is 2.04 bits per heavy atom. The van der Waals surface area contributed by atoms with Crippen molar-refractivity contribution >= 4 is 17.0 Å². The van der Waals surface area contributed by atoms with Crippen molar-refractivity contribution in [3.8, 4) is 0 Å². The zero-order valence-corrected chi connectivity index (χ0v) is 14.5. The molecule has 0 saturated carbocycles. The highest BCUT2D eigenvalue weighted by molar-refractivity contribution is 5.80. The van der Waals surface area contributed by atoms with Crippen molar-refractivity contribution in [2.75, 3.05) is 0 Å². The van der Waals surface area contributed by atoms with Crippen LogP contribution in [0.25, 0.3) is 11.1 Å². The summed E-state index contributed by atoms with van der Waals surface area (Å²) in [7, 11) is 0. The van der Waals surface area contributed by atoms with Gasteiger partial charge >= 0.3 is 5.76 Å². The summed E-state index contributed by atoms with van der Waals surface area (Å²) in [6, 6.07) is 7.42. The summed E-state index contributed by atoms with van der Waals surface area (Å²) in [4.78, 5) is 27.3. The number of nitrogens with zero attached hydrogens (tertiary/aromatic N) is 5. The molecule has 26 heavy (non-hydrogen) atoms. The van der Waals surface area contributed by atoms with Gasteiger partial charge in [0.2, 0.25) is 5.91 Å². The van der Waals surface area contributed by atoms with E-state index in [1.807, 2.05) is 24.0 Å². The Morgan fingerprint density at radius 1 is 1.23 bits per heavy atom. The summed E-state index contributed by atoms with van der Waals surface area (Å²) in [6.07, 6.45) is 2.64. The number of carbonyl (C=O) groups is 1. The van der Waals surface area contributed by atoms with Crippen molar-refractivity contribution in [1.82, 2.24) is 24.2 Å². The van der Waals surface area contributed by atoms with E-state index < -0.39 is 5.76 Å². The monoisotopic (exact) mass is 353 g/mol. The Hall–Kier alpha value is -2.90. The molecule has 5 rings (SSSR count). The van der Waals surface area contributed by atoms with Gasteiger partial charge in [0.15, 0.2) is 5.58 Å². The maximum Gasteiger partial charge on any atom is 0.420 e. The summed E-state index contributed by atoms with van der Waals surface area (Å²) < 4.78 is 8.79. The number of fused-ring (bicyclic) bond motifs is 4. The number of rotatable bonds is 2. The third-order valence-electron chi connectivity index (χ3n) is 5.60. The number of aromatic nitrogens is 4. The van der Waals surface area contributed by atoms with Gasteiger partial charge in [-0.1, -0.05) is 12.1 Å². The van der Waals surface area contributed by atoms with E-state index >= 15 is 0 Å². The van der Waals surface area contributed by atoms with Crippen molar-refractivity contribution in [2.45, 2.75) is 51.4 Å². The first-order chi connectivity index (χ1) is 12.6. The Labute approximate surface area is 149 Å². The van der Waals surface area contributed by atoms with Gasteiger partial charge < -0.3 is 13.9 Å². The van der Waals surface area contributed by atoms with Gasteiger partial charge in [0.25, 0.3) is 0 Å². The first kappa shape index (κ1) is 15.4. The molecule has 2 aliphatic heterocycles. The molecule has 0 N–H and O–H groups in total. The van der Waals surface area contributed by atoms with Gasteiger partial charge in [-0.05, 0) is 31.9 Å².